The Hall–Kier alpha value is -3.52. The minimum atomic E-state index is -0.566. The highest BCUT2D eigenvalue weighted by atomic mass is 16.5. The Labute approximate surface area is 185 Å². The predicted molar refractivity (Wildman–Crippen MR) is 118 cm³/mol. The van der Waals surface area contributed by atoms with Crippen LogP contribution in [0.1, 0.15) is 51.1 Å². The lowest BCUT2D eigenvalue weighted by Gasteiger charge is -2.22. The molecule has 0 unspecified atom stereocenters. The molecule has 4 rings (SSSR count). The molecule has 8 nitrogen and oxygen atoms in total. The van der Waals surface area contributed by atoms with E-state index in [-0.39, 0.29) is 30.6 Å². The Kier molecular flexibility index (Phi) is 6.32. The summed E-state index contributed by atoms with van der Waals surface area (Å²) in [4.78, 5) is 51.5. The van der Waals surface area contributed by atoms with Crippen molar-refractivity contribution in [2.24, 2.45) is 5.73 Å². The summed E-state index contributed by atoms with van der Waals surface area (Å²) in [5, 5.41) is 3.19. The van der Waals surface area contributed by atoms with E-state index in [4.69, 9.17) is 10.5 Å². The summed E-state index contributed by atoms with van der Waals surface area (Å²) >= 11 is 0. The number of carbonyl (C=O) groups is 4. The molecule has 1 heterocycles. The number of hydrogen-bond donors (Lipinski definition) is 2. The van der Waals surface area contributed by atoms with Crippen LogP contribution in [0.2, 0.25) is 0 Å². The van der Waals surface area contributed by atoms with E-state index in [9.17, 15) is 19.2 Å². The highest BCUT2D eigenvalue weighted by Crippen LogP contribution is 2.31. The Balaban J connectivity index is 1.34. The van der Waals surface area contributed by atoms with Gasteiger partial charge in [0.25, 0.3) is 0 Å². The van der Waals surface area contributed by atoms with Crippen molar-refractivity contribution >= 4 is 29.1 Å². The second-order valence-corrected chi connectivity index (χ2v) is 7.83. The van der Waals surface area contributed by atoms with Gasteiger partial charge in [0.15, 0.2) is 11.6 Å². The first-order chi connectivity index (χ1) is 15.5. The van der Waals surface area contributed by atoms with Crippen LogP contribution in [-0.4, -0.2) is 60.6 Å². The molecule has 0 bridgehead atoms. The average Bonchev–Trinajstić information content (AvgIpc) is 3.31. The molecule has 8 heteroatoms. The van der Waals surface area contributed by atoms with Crippen molar-refractivity contribution in [2.75, 3.05) is 31.6 Å². The number of hydrogen-bond acceptors (Lipinski definition) is 7. The van der Waals surface area contributed by atoms with E-state index in [2.05, 4.69) is 5.32 Å². The summed E-state index contributed by atoms with van der Waals surface area (Å²) in [5.41, 5.74) is 7.57. The zero-order valence-electron chi connectivity index (χ0n) is 17.6. The maximum Gasteiger partial charge on any atom is 0.328 e. The van der Waals surface area contributed by atoms with Crippen LogP contribution in [-0.2, 0) is 14.3 Å². The first-order valence-electron chi connectivity index (χ1n) is 10.7. The van der Waals surface area contributed by atoms with Crippen LogP contribution in [0.4, 0.5) is 5.69 Å². The zero-order valence-corrected chi connectivity index (χ0v) is 17.6. The molecule has 1 aliphatic heterocycles. The van der Waals surface area contributed by atoms with Gasteiger partial charge < -0.3 is 20.7 Å². The van der Waals surface area contributed by atoms with E-state index in [0.717, 1.165) is 6.42 Å². The van der Waals surface area contributed by atoms with Crippen molar-refractivity contribution < 1.29 is 23.9 Å². The number of carbonyl (C=O) groups excluding carboxylic acids is 4. The maximum absolute atomic E-state index is 13.0. The zero-order chi connectivity index (χ0) is 22.7. The van der Waals surface area contributed by atoms with Crippen molar-refractivity contribution in [3.8, 4) is 0 Å². The van der Waals surface area contributed by atoms with Gasteiger partial charge in [0.2, 0.25) is 5.91 Å². The lowest BCUT2D eigenvalue weighted by Crippen LogP contribution is -2.44. The topological polar surface area (TPSA) is 119 Å². The number of nitrogens with zero attached hydrogens (tertiary/aromatic N) is 1. The third-order valence-electron chi connectivity index (χ3n) is 5.85. The maximum atomic E-state index is 13.0. The van der Waals surface area contributed by atoms with E-state index in [1.54, 1.807) is 42.5 Å². The predicted octanol–water partition coefficient (Wildman–Crippen LogP) is 1.76. The molecule has 32 heavy (non-hydrogen) atoms. The number of nitrogens with two attached hydrogens (primary N) is 1. The SMILES string of the molecule is NCC(=O)N1CCC[C@H]1C(=O)OCCCNc1cccc2c1C(=O)c1ccccc1C2=O. The summed E-state index contributed by atoms with van der Waals surface area (Å²) < 4.78 is 5.35. The van der Waals surface area contributed by atoms with Gasteiger partial charge in [-0.15, -0.1) is 0 Å². The Morgan fingerprint density at radius 2 is 1.75 bits per heavy atom. The van der Waals surface area contributed by atoms with Gasteiger partial charge in [-0.05, 0) is 25.3 Å². The highest BCUT2D eigenvalue weighted by molar-refractivity contribution is 6.30. The fraction of sp³-hybridized carbons (Fsp3) is 0.333. The molecule has 0 saturated carbocycles. The van der Waals surface area contributed by atoms with Gasteiger partial charge in [0, 0.05) is 35.5 Å². The molecule has 1 saturated heterocycles. The number of fused-ring (bicyclic) bond motifs is 2. The average molecular weight is 435 g/mol. The molecule has 0 aromatic heterocycles. The van der Waals surface area contributed by atoms with E-state index < -0.39 is 12.0 Å². The fourth-order valence-corrected chi connectivity index (χ4v) is 4.28. The molecule has 2 aliphatic rings. The summed E-state index contributed by atoms with van der Waals surface area (Å²) in [6, 6.07) is 11.4. The minimum Gasteiger partial charge on any atom is -0.464 e. The quantitative estimate of drug-likeness (QED) is 0.429. The smallest absolute Gasteiger partial charge is 0.328 e. The first kappa shape index (κ1) is 21.7. The third-order valence-corrected chi connectivity index (χ3v) is 5.85. The number of ketones is 2. The number of ether oxygens (including phenoxy) is 1. The van der Waals surface area contributed by atoms with Crippen molar-refractivity contribution in [3.63, 3.8) is 0 Å². The number of benzene rings is 2. The highest BCUT2D eigenvalue weighted by Gasteiger charge is 2.34. The van der Waals surface area contributed by atoms with Crippen molar-refractivity contribution in [1.29, 1.82) is 0 Å². The lowest BCUT2D eigenvalue weighted by atomic mass is 9.83. The van der Waals surface area contributed by atoms with Gasteiger partial charge >= 0.3 is 5.97 Å². The second kappa shape index (κ2) is 9.32. The molecule has 1 fully saturated rings. The monoisotopic (exact) mass is 435 g/mol. The molecule has 3 N–H and O–H groups in total. The standard InChI is InChI=1S/C24H25N3O5/c25-14-20(28)27-12-4-10-19(27)24(31)32-13-5-11-26-18-9-3-8-17-21(18)23(30)16-7-2-1-6-15(16)22(17)29/h1-3,6-9,19,26H,4-5,10-14,25H2/t19-/m0/s1. The van der Waals surface area contributed by atoms with Crippen LogP contribution in [0.5, 0.6) is 0 Å². The molecule has 1 amide bonds. The van der Waals surface area contributed by atoms with Gasteiger partial charge in [-0.3, -0.25) is 14.4 Å². The molecule has 1 atom stereocenters. The normalized spacial score (nSPS) is 17.0. The molecule has 166 valence electrons. The third kappa shape index (κ3) is 4.01. The summed E-state index contributed by atoms with van der Waals surface area (Å²) in [5.74, 6) is -1.02. The van der Waals surface area contributed by atoms with Crippen molar-refractivity contribution in [1.82, 2.24) is 4.90 Å². The number of anilines is 1. The Morgan fingerprint density at radius 3 is 2.50 bits per heavy atom. The molecule has 2 aromatic rings. The molecular formula is C24H25N3O5. The molecule has 0 radical (unpaired) electrons. The minimum absolute atomic E-state index is 0.124. The van der Waals surface area contributed by atoms with E-state index >= 15 is 0 Å². The number of amides is 1. The largest absolute Gasteiger partial charge is 0.464 e. The summed E-state index contributed by atoms with van der Waals surface area (Å²) in [7, 11) is 0. The van der Waals surface area contributed by atoms with Crippen molar-refractivity contribution in [2.45, 2.75) is 25.3 Å². The number of likely N-dealkylation sites (tertiary alicyclic amines) is 1. The molecule has 2 aromatic carbocycles. The number of rotatable bonds is 7. The van der Waals surface area contributed by atoms with Crippen LogP contribution < -0.4 is 11.1 Å². The van der Waals surface area contributed by atoms with Crippen LogP contribution in [0.3, 0.4) is 0 Å². The van der Waals surface area contributed by atoms with Crippen LogP contribution in [0.15, 0.2) is 42.5 Å². The molecule has 0 spiro atoms. The summed E-state index contributed by atoms with van der Waals surface area (Å²) in [6.45, 7) is 1.02. The first-order valence-corrected chi connectivity index (χ1v) is 10.7. The molecular weight excluding hydrogens is 410 g/mol. The lowest BCUT2D eigenvalue weighted by molar-refractivity contribution is -0.153. The Morgan fingerprint density at radius 1 is 1.03 bits per heavy atom. The van der Waals surface area contributed by atoms with Crippen LogP contribution in [0.25, 0.3) is 0 Å². The van der Waals surface area contributed by atoms with Crippen molar-refractivity contribution in [3.05, 3.63) is 64.7 Å². The van der Waals surface area contributed by atoms with E-state index in [0.29, 0.717) is 53.9 Å². The van der Waals surface area contributed by atoms with Gasteiger partial charge in [-0.2, -0.15) is 0 Å². The van der Waals surface area contributed by atoms with Gasteiger partial charge in [0.05, 0.1) is 18.7 Å². The van der Waals surface area contributed by atoms with Crippen LogP contribution in [0, 0.1) is 0 Å². The van der Waals surface area contributed by atoms with E-state index in [1.807, 2.05) is 0 Å². The second-order valence-electron chi connectivity index (χ2n) is 7.83. The fourth-order valence-electron chi connectivity index (χ4n) is 4.28. The Bertz CT molecular complexity index is 1080. The van der Waals surface area contributed by atoms with E-state index in [1.165, 1.54) is 4.90 Å². The van der Waals surface area contributed by atoms with Gasteiger partial charge in [0.1, 0.15) is 6.04 Å². The van der Waals surface area contributed by atoms with Crippen LogP contribution >= 0.6 is 0 Å². The number of esters is 1. The number of nitrogens with one attached hydrogen (secondary N) is 1. The van der Waals surface area contributed by atoms with Gasteiger partial charge in [-0.1, -0.05) is 36.4 Å². The van der Waals surface area contributed by atoms with Gasteiger partial charge in [-0.25, -0.2) is 4.79 Å². The summed E-state index contributed by atoms with van der Waals surface area (Å²) in [6.07, 6.45) is 1.84. The molecule has 1 aliphatic carbocycles.